The molecular formula is C62H52N2O2. The minimum atomic E-state index is 0.456. The molecule has 0 radical (unpaired) electrons. The lowest BCUT2D eigenvalue weighted by Crippen LogP contribution is -1.95. The minimum absolute atomic E-state index is 0.456. The number of rotatable bonds is 6. The van der Waals surface area contributed by atoms with Crippen molar-refractivity contribution in [3.63, 3.8) is 0 Å². The second-order valence-corrected chi connectivity index (χ2v) is 20.2. The lowest BCUT2D eigenvalue weighted by molar-refractivity contribution is 0.663. The fraction of sp³-hybridized carbons (Fsp3) is 0.194. The highest BCUT2D eigenvalue weighted by Gasteiger charge is 2.21. The molecule has 4 heterocycles. The molecule has 4 heteroatoms. The molecule has 13 aromatic rings. The summed E-state index contributed by atoms with van der Waals surface area (Å²) in [5.74, 6) is 1.82. The fourth-order valence-electron chi connectivity index (χ4n) is 10.9. The van der Waals surface area contributed by atoms with Gasteiger partial charge < -0.3 is 18.0 Å². The monoisotopic (exact) mass is 856 g/mol. The van der Waals surface area contributed by atoms with Crippen molar-refractivity contribution in [2.45, 2.75) is 79.1 Å². The molecule has 0 aliphatic carbocycles. The highest BCUT2D eigenvalue weighted by Crippen LogP contribution is 2.44. The van der Waals surface area contributed by atoms with Gasteiger partial charge in [0.2, 0.25) is 0 Å². The van der Waals surface area contributed by atoms with Gasteiger partial charge in [-0.1, -0.05) is 91.8 Å². The van der Waals surface area contributed by atoms with Crippen LogP contribution in [0.15, 0.2) is 154 Å². The van der Waals surface area contributed by atoms with Crippen molar-refractivity contribution in [1.29, 1.82) is 0 Å². The van der Waals surface area contributed by atoms with Crippen LogP contribution < -0.4 is 0 Å². The zero-order valence-electron chi connectivity index (χ0n) is 38.9. The first-order valence-corrected chi connectivity index (χ1v) is 23.8. The topological polar surface area (TPSA) is 36.1 Å². The highest BCUT2D eigenvalue weighted by atomic mass is 16.3. The summed E-state index contributed by atoms with van der Waals surface area (Å²) in [6.07, 6.45) is 0. The van der Waals surface area contributed by atoms with Crippen LogP contribution in [0.5, 0.6) is 0 Å². The van der Waals surface area contributed by atoms with Crippen LogP contribution in [-0.2, 0) is 0 Å². The first-order chi connectivity index (χ1) is 32.0. The lowest BCUT2D eigenvalue weighted by atomic mass is 9.98. The largest absolute Gasteiger partial charge is 0.456 e. The summed E-state index contributed by atoms with van der Waals surface area (Å²) in [4.78, 5) is 0. The zero-order chi connectivity index (χ0) is 44.9. The van der Waals surface area contributed by atoms with Crippen molar-refractivity contribution in [3.05, 3.63) is 168 Å². The van der Waals surface area contributed by atoms with Crippen LogP contribution in [0.1, 0.15) is 101 Å². The molecule has 0 saturated heterocycles. The summed E-state index contributed by atoms with van der Waals surface area (Å²) in [6, 6.07) is 55.0. The number of hydrogen-bond donors (Lipinski definition) is 0. The van der Waals surface area contributed by atoms with Gasteiger partial charge in [0.25, 0.3) is 0 Å². The predicted octanol–water partition coefficient (Wildman–Crippen LogP) is 18.5. The molecule has 0 bridgehead atoms. The SMILES string of the molecule is CC(C)c1ccc2c(c1)c1cc(C(C)C)ccc1n2-c1ccc2cc3c(cc2c1)oc1c3ccc2oc3cc4cc(-n5c6ccc(C(C)C)cc6c6cc(C(C)C)ccc65)ccc4cc3c21. The summed E-state index contributed by atoms with van der Waals surface area (Å²) < 4.78 is 18.5. The van der Waals surface area contributed by atoms with Gasteiger partial charge in [-0.25, -0.2) is 0 Å². The van der Waals surface area contributed by atoms with E-state index in [2.05, 4.69) is 210 Å². The first kappa shape index (κ1) is 39.1. The Morgan fingerprint density at radius 2 is 0.712 bits per heavy atom. The van der Waals surface area contributed by atoms with Gasteiger partial charge >= 0.3 is 0 Å². The van der Waals surface area contributed by atoms with Gasteiger partial charge in [-0.05, 0) is 177 Å². The smallest absolute Gasteiger partial charge is 0.147 e. The molecule has 0 aliphatic rings. The number of benzene rings is 9. The second-order valence-electron chi connectivity index (χ2n) is 20.2. The fourth-order valence-corrected chi connectivity index (χ4v) is 10.9. The highest BCUT2D eigenvalue weighted by molar-refractivity contribution is 6.24. The number of nitrogens with zero attached hydrogens (tertiary/aromatic N) is 2. The Morgan fingerprint density at radius 3 is 1.14 bits per heavy atom. The number of hydrogen-bond acceptors (Lipinski definition) is 2. The van der Waals surface area contributed by atoms with E-state index in [1.165, 1.54) is 71.3 Å². The molecule has 0 spiro atoms. The van der Waals surface area contributed by atoms with E-state index in [4.69, 9.17) is 8.83 Å². The maximum atomic E-state index is 6.92. The quantitative estimate of drug-likeness (QED) is 0.167. The Bertz CT molecular complexity index is 4050. The molecule has 66 heavy (non-hydrogen) atoms. The van der Waals surface area contributed by atoms with Gasteiger partial charge in [0.15, 0.2) is 0 Å². The third kappa shape index (κ3) is 5.70. The first-order valence-electron chi connectivity index (χ1n) is 23.8. The van der Waals surface area contributed by atoms with E-state index in [9.17, 15) is 0 Å². The van der Waals surface area contributed by atoms with Crippen molar-refractivity contribution in [2.24, 2.45) is 0 Å². The molecule has 0 aliphatic heterocycles. The van der Waals surface area contributed by atoms with Crippen molar-refractivity contribution in [3.8, 4) is 11.4 Å². The average Bonchev–Trinajstić information content (AvgIpc) is 4.05. The van der Waals surface area contributed by atoms with E-state index < -0.39 is 0 Å². The van der Waals surface area contributed by atoms with Gasteiger partial charge in [-0.2, -0.15) is 0 Å². The van der Waals surface area contributed by atoms with Crippen molar-refractivity contribution in [1.82, 2.24) is 9.13 Å². The van der Waals surface area contributed by atoms with Crippen molar-refractivity contribution < 1.29 is 8.83 Å². The van der Waals surface area contributed by atoms with Gasteiger partial charge in [-0.3, -0.25) is 0 Å². The Labute approximate surface area is 383 Å². The molecule has 0 fully saturated rings. The summed E-state index contributed by atoms with van der Waals surface area (Å²) in [6.45, 7) is 18.2. The molecule has 4 nitrogen and oxygen atoms in total. The standard InChI is InChI=1S/C62H52N2O2/c1-33(2)37-11-18-54-48(25-37)49-26-38(34(3)4)12-19-55(49)63(54)45-15-9-41-29-52-47-17-22-58-61(62(47)66-59(52)31-43(41)23-45)53-30-42-10-16-46(24-44(42)32-60(53)65-58)64-56-20-13-39(35(5)6)27-50(56)51-28-40(36(7)8)14-21-57(51)64/h9-36H,1-8H3. The molecule has 0 amide bonds. The lowest BCUT2D eigenvalue weighted by Gasteiger charge is -2.11. The van der Waals surface area contributed by atoms with Crippen LogP contribution in [0.4, 0.5) is 0 Å². The average molecular weight is 857 g/mol. The Kier molecular flexibility index (Phi) is 8.35. The second kappa shape index (κ2) is 14.1. The number of fused-ring (bicyclic) bond motifs is 15. The predicted molar refractivity (Wildman–Crippen MR) is 281 cm³/mol. The Hall–Kier alpha value is -7.30. The van der Waals surface area contributed by atoms with Crippen LogP contribution in [0, 0.1) is 0 Å². The van der Waals surface area contributed by atoms with E-state index in [0.717, 1.165) is 71.4 Å². The van der Waals surface area contributed by atoms with E-state index in [-0.39, 0.29) is 0 Å². The summed E-state index contributed by atoms with van der Waals surface area (Å²) in [5.41, 5.74) is 16.1. The van der Waals surface area contributed by atoms with Crippen molar-refractivity contribution >= 4 is 109 Å². The third-order valence-electron chi connectivity index (χ3n) is 14.8. The van der Waals surface area contributed by atoms with E-state index in [1.54, 1.807) is 0 Å². The summed E-state index contributed by atoms with van der Waals surface area (Å²) >= 11 is 0. The van der Waals surface area contributed by atoms with E-state index in [0.29, 0.717) is 23.7 Å². The molecule has 0 atom stereocenters. The van der Waals surface area contributed by atoms with Gasteiger partial charge in [0.1, 0.15) is 22.3 Å². The van der Waals surface area contributed by atoms with Crippen LogP contribution in [0.25, 0.3) is 120 Å². The van der Waals surface area contributed by atoms with Gasteiger partial charge in [0, 0.05) is 49.1 Å². The molecule has 13 rings (SSSR count). The van der Waals surface area contributed by atoms with Gasteiger partial charge in [0.05, 0.1) is 27.5 Å². The van der Waals surface area contributed by atoms with Crippen LogP contribution in [0.2, 0.25) is 0 Å². The molecule has 322 valence electrons. The minimum Gasteiger partial charge on any atom is -0.456 e. The van der Waals surface area contributed by atoms with Crippen LogP contribution in [0.3, 0.4) is 0 Å². The number of furan rings is 2. The normalized spacial score (nSPS) is 12.8. The third-order valence-corrected chi connectivity index (χ3v) is 14.8. The maximum Gasteiger partial charge on any atom is 0.147 e. The van der Waals surface area contributed by atoms with E-state index >= 15 is 0 Å². The van der Waals surface area contributed by atoms with Crippen LogP contribution in [-0.4, -0.2) is 9.13 Å². The maximum absolute atomic E-state index is 6.92. The molecule has 9 aromatic carbocycles. The van der Waals surface area contributed by atoms with Gasteiger partial charge in [-0.15, -0.1) is 0 Å². The summed E-state index contributed by atoms with van der Waals surface area (Å²) in [7, 11) is 0. The Balaban J connectivity index is 0.945. The molecule has 4 aromatic heterocycles. The van der Waals surface area contributed by atoms with Crippen LogP contribution >= 0.6 is 0 Å². The Morgan fingerprint density at radius 1 is 0.303 bits per heavy atom. The zero-order valence-corrected chi connectivity index (χ0v) is 38.9. The number of aromatic nitrogens is 2. The van der Waals surface area contributed by atoms with Crippen molar-refractivity contribution in [2.75, 3.05) is 0 Å². The summed E-state index contributed by atoms with van der Waals surface area (Å²) in [5, 5.41) is 14.1. The van der Waals surface area contributed by atoms with E-state index in [1.807, 2.05) is 0 Å². The molecule has 0 N–H and O–H groups in total. The molecule has 0 unspecified atom stereocenters. The molecular weight excluding hydrogens is 805 g/mol. The molecule has 0 saturated carbocycles.